The van der Waals surface area contributed by atoms with Gasteiger partial charge in [0, 0.05) is 16.6 Å². The van der Waals surface area contributed by atoms with Crippen molar-refractivity contribution in [3.63, 3.8) is 0 Å². The summed E-state index contributed by atoms with van der Waals surface area (Å²) in [6, 6.07) is 10.1. The van der Waals surface area contributed by atoms with Crippen LogP contribution in [-0.2, 0) is 11.3 Å². The second-order valence-electron chi connectivity index (χ2n) is 4.28. The topological polar surface area (TPSA) is 38.3 Å². The number of benzene rings is 2. The Kier molecular flexibility index (Phi) is 5.34. The van der Waals surface area contributed by atoms with Gasteiger partial charge in [-0.2, -0.15) is 0 Å². The maximum atomic E-state index is 11.5. The Bertz CT molecular complexity index is 674. The molecule has 0 unspecified atom stereocenters. The van der Waals surface area contributed by atoms with E-state index < -0.39 is 5.97 Å². The zero-order valence-electron chi connectivity index (χ0n) is 11.1. The Morgan fingerprint density at radius 3 is 2.52 bits per heavy atom. The molecule has 0 aliphatic carbocycles. The molecule has 6 heteroatoms. The van der Waals surface area contributed by atoms with Crippen molar-refractivity contribution >= 4 is 46.5 Å². The largest absolute Gasteiger partial charge is 0.465 e. The minimum Gasteiger partial charge on any atom is -0.465 e. The van der Waals surface area contributed by atoms with E-state index in [1.54, 1.807) is 30.3 Å². The molecule has 0 aromatic heterocycles. The third-order valence-electron chi connectivity index (χ3n) is 2.87. The van der Waals surface area contributed by atoms with E-state index in [0.717, 1.165) is 5.56 Å². The van der Waals surface area contributed by atoms with Crippen LogP contribution in [0, 0.1) is 0 Å². The van der Waals surface area contributed by atoms with Crippen LogP contribution in [0.1, 0.15) is 15.9 Å². The molecule has 0 bridgehead atoms. The number of hydrogen-bond acceptors (Lipinski definition) is 3. The quantitative estimate of drug-likeness (QED) is 0.789. The van der Waals surface area contributed by atoms with Crippen LogP contribution in [0.2, 0.25) is 15.1 Å². The molecule has 0 heterocycles. The molecule has 1 N–H and O–H groups in total. The third kappa shape index (κ3) is 4.03. The Morgan fingerprint density at radius 2 is 1.86 bits per heavy atom. The number of rotatable bonds is 4. The minimum absolute atomic E-state index is 0.417. The Balaban J connectivity index is 2.17. The van der Waals surface area contributed by atoms with Crippen LogP contribution in [0.25, 0.3) is 0 Å². The van der Waals surface area contributed by atoms with Gasteiger partial charge < -0.3 is 10.1 Å². The third-order valence-corrected chi connectivity index (χ3v) is 3.79. The fourth-order valence-corrected chi connectivity index (χ4v) is 2.42. The first-order valence-corrected chi connectivity index (χ1v) is 7.20. The Hall–Kier alpha value is -1.42. The predicted octanol–water partition coefficient (Wildman–Crippen LogP) is 5.05. The highest BCUT2D eigenvalue weighted by Crippen LogP contribution is 2.26. The summed E-state index contributed by atoms with van der Waals surface area (Å²) >= 11 is 18.1. The van der Waals surface area contributed by atoms with E-state index in [1.165, 1.54) is 7.11 Å². The summed E-state index contributed by atoms with van der Waals surface area (Å²) in [4.78, 5) is 11.5. The van der Waals surface area contributed by atoms with Crippen molar-refractivity contribution in [3.8, 4) is 0 Å². The second-order valence-corrected chi connectivity index (χ2v) is 5.53. The molecule has 0 saturated carbocycles. The zero-order chi connectivity index (χ0) is 15.4. The molecule has 2 rings (SSSR count). The summed E-state index contributed by atoms with van der Waals surface area (Å²) in [5, 5.41) is 4.79. The number of anilines is 1. The Labute approximate surface area is 137 Å². The highest BCUT2D eigenvalue weighted by Gasteiger charge is 2.09. The molecule has 0 aliphatic rings. The lowest BCUT2D eigenvalue weighted by Gasteiger charge is -2.11. The van der Waals surface area contributed by atoms with E-state index in [0.29, 0.717) is 32.9 Å². The van der Waals surface area contributed by atoms with E-state index in [1.807, 2.05) is 6.07 Å². The van der Waals surface area contributed by atoms with E-state index >= 15 is 0 Å². The van der Waals surface area contributed by atoms with Crippen LogP contribution in [0.4, 0.5) is 5.69 Å². The van der Waals surface area contributed by atoms with Crippen molar-refractivity contribution in [2.45, 2.75) is 6.54 Å². The lowest BCUT2D eigenvalue weighted by atomic mass is 10.2. The van der Waals surface area contributed by atoms with Crippen molar-refractivity contribution in [2.24, 2.45) is 0 Å². The molecule has 2 aromatic carbocycles. The normalized spacial score (nSPS) is 10.3. The maximum absolute atomic E-state index is 11.5. The molecule has 0 radical (unpaired) electrons. The van der Waals surface area contributed by atoms with Crippen molar-refractivity contribution in [1.29, 1.82) is 0 Å². The number of carbonyl (C=O) groups is 1. The van der Waals surface area contributed by atoms with Gasteiger partial charge >= 0.3 is 5.97 Å². The summed E-state index contributed by atoms with van der Waals surface area (Å²) in [7, 11) is 1.33. The van der Waals surface area contributed by atoms with Gasteiger partial charge in [0.05, 0.1) is 23.4 Å². The number of ether oxygens (including phenoxy) is 1. The number of carbonyl (C=O) groups excluding carboxylic acids is 1. The first-order valence-electron chi connectivity index (χ1n) is 6.07. The summed E-state index contributed by atoms with van der Waals surface area (Å²) in [6.07, 6.45) is 0. The van der Waals surface area contributed by atoms with E-state index in [9.17, 15) is 4.79 Å². The van der Waals surface area contributed by atoms with E-state index in [2.05, 4.69) is 10.1 Å². The van der Waals surface area contributed by atoms with Gasteiger partial charge in [-0.15, -0.1) is 0 Å². The molecule has 0 fully saturated rings. The second kappa shape index (κ2) is 7.03. The van der Waals surface area contributed by atoms with Crippen LogP contribution in [0.15, 0.2) is 36.4 Å². The van der Waals surface area contributed by atoms with E-state index in [4.69, 9.17) is 34.8 Å². The zero-order valence-corrected chi connectivity index (χ0v) is 13.4. The fraction of sp³-hybridized carbons (Fsp3) is 0.133. The monoisotopic (exact) mass is 343 g/mol. The predicted molar refractivity (Wildman–Crippen MR) is 86.6 cm³/mol. The fourth-order valence-electron chi connectivity index (χ4n) is 1.76. The van der Waals surface area contributed by atoms with Crippen molar-refractivity contribution < 1.29 is 9.53 Å². The number of esters is 1. The minimum atomic E-state index is -0.417. The maximum Gasteiger partial charge on any atom is 0.337 e. The standard InChI is InChI=1S/C15H12Cl3NO2/c1-21-15(20)9-3-5-12(17)14(6-9)19-8-10-2-4-11(16)7-13(10)18/h2-7,19H,8H2,1H3. The lowest BCUT2D eigenvalue weighted by Crippen LogP contribution is -2.05. The molecule has 2 aromatic rings. The van der Waals surface area contributed by atoms with Gasteiger partial charge in [0.2, 0.25) is 0 Å². The number of hydrogen-bond donors (Lipinski definition) is 1. The van der Waals surface area contributed by atoms with Gasteiger partial charge in [-0.05, 0) is 35.9 Å². The van der Waals surface area contributed by atoms with Gasteiger partial charge in [0.25, 0.3) is 0 Å². The molecule has 3 nitrogen and oxygen atoms in total. The molecule has 0 aliphatic heterocycles. The van der Waals surface area contributed by atoms with Crippen LogP contribution in [0.3, 0.4) is 0 Å². The van der Waals surface area contributed by atoms with Crippen molar-refractivity contribution in [3.05, 3.63) is 62.6 Å². The smallest absolute Gasteiger partial charge is 0.337 e. The average molecular weight is 345 g/mol. The summed E-state index contributed by atoms with van der Waals surface area (Å²) < 4.78 is 4.68. The SMILES string of the molecule is COC(=O)c1ccc(Cl)c(NCc2ccc(Cl)cc2Cl)c1. The van der Waals surface area contributed by atoms with Crippen LogP contribution >= 0.6 is 34.8 Å². The summed E-state index contributed by atoms with van der Waals surface area (Å²) in [5.74, 6) is -0.417. The first kappa shape index (κ1) is 16.0. The molecule has 0 spiro atoms. The molecular formula is C15H12Cl3NO2. The lowest BCUT2D eigenvalue weighted by molar-refractivity contribution is 0.0601. The number of halogens is 3. The van der Waals surface area contributed by atoms with Crippen molar-refractivity contribution in [1.82, 2.24) is 0 Å². The molecule has 0 amide bonds. The van der Waals surface area contributed by atoms with Crippen LogP contribution in [-0.4, -0.2) is 13.1 Å². The Morgan fingerprint density at radius 1 is 1.10 bits per heavy atom. The van der Waals surface area contributed by atoms with Crippen LogP contribution in [0.5, 0.6) is 0 Å². The van der Waals surface area contributed by atoms with Gasteiger partial charge in [0.1, 0.15) is 0 Å². The first-order chi connectivity index (χ1) is 10.0. The van der Waals surface area contributed by atoms with Crippen molar-refractivity contribution in [2.75, 3.05) is 12.4 Å². The van der Waals surface area contributed by atoms with Crippen LogP contribution < -0.4 is 5.32 Å². The van der Waals surface area contributed by atoms with Gasteiger partial charge in [0.15, 0.2) is 0 Å². The van der Waals surface area contributed by atoms with Gasteiger partial charge in [-0.1, -0.05) is 40.9 Å². The number of nitrogens with one attached hydrogen (secondary N) is 1. The molecule has 0 atom stereocenters. The highest BCUT2D eigenvalue weighted by atomic mass is 35.5. The molecule has 21 heavy (non-hydrogen) atoms. The molecule has 0 saturated heterocycles. The molecule has 110 valence electrons. The summed E-state index contributed by atoms with van der Waals surface area (Å²) in [5.41, 5.74) is 1.93. The highest BCUT2D eigenvalue weighted by molar-refractivity contribution is 6.35. The molecular weight excluding hydrogens is 333 g/mol. The average Bonchev–Trinajstić information content (AvgIpc) is 2.47. The summed E-state index contributed by atoms with van der Waals surface area (Å²) in [6.45, 7) is 0.459. The van der Waals surface area contributed by atoms with Gasteiger partial charge in [-0.3, -0.25) is 0 Å². The van der Waals surface area contributed by atoms with Gasteiger partial charge in [-0.25, -0.2) is 4.79 Å². The van der Waals surface area contributed by atoms with E-state index in [-0.39, 0.29) is 0 Å². The number of methoxy groups -OCH3 is 1.